The summed E-state index contributed by atoms with van der Waals surface area (Å²) >= 11 is 5.92. The second-order valence-corrected chi connectivity index (χ2v) is 9.89. The first-order chi connectivity index (χ1) is 14.3. The standard InChI is InChI=1S/C21H14BrF3N2OS2/c22-19-9-8-18(30-19)17(28)12-29-20-26-15-10-14(21(23,24)25)6-7-16(15)27(20)11-13-4-2-1-3-5-13/h1-10H,11-12H2. The van der Waals surface area contributed by atoms with Crippen LogP contribution >= 0.6 is 39.0 Å². The van der Waals surface area contributed by atoms with Crippen LogP contribution in [-0.2, 0) is 12.7 Å². The van der Waals surface area contributed by atoms with E-state index in [1.807, 2.05) is 41.0 Å². The topological polar surface area (TPSA) is 34.9 Å². The molecule has 0 saturated carbocycles. The summed E-state index contributed by atoms with van der Waals surface area (Å²) in [5, 5.41) is 0.511. The van der Waals surface area contributed by atoms with Gasteiger partial charge in [0.15, 0.2) is 10.9 Å². The highest BCUT2D eigenvalue weighted by atomic mass is 79.9. The van der Waals surface area contributed by atoms with Crippen LogP contribution in [0.25, 0.3) is 11.0 Å². The number of carbonyl (C=O) groups is 1. The third-order valence-corrected chi connectivity index (χ3v) is 7.05. The molecule has 0 aliphatic carbocycles. The zero-order valence-electron chi connectivity index (χ0n) is 15.3. The van der Waals surface area contributed by atoms with Gasteiger partial charge in [-0.25, -0.2) is 4.98 Å². The normalized spacial score (nSPS) is 11.9. The Balaban J connectivity index is 1.68. The number of carbonyl (C=O) groups excluding carboxylic acids is 1. The fourth-order valence-corrected chi connectivity index (χ4v) is 5.29. The summed E-state index contributed by atoms with van der Waals surface area (Å²) in [7, 11) is 0. The number of halogens is 4. The maximum absolute atomic E-state index is 13.1. The lowest BCUT2D eigenvalue weighted by molar-refractivity contribution is -0.137. The summed E-state index contributed by atoms with van der Waals surface area (Å²) < 4.78 is 42.1. The van der Waals surface area contributed by atoms with Crippen LogP contribution in [0, 0.1) is 0 Å². The maximum atomic E-state index is 13.1. The Bertz CT molecular complexity index is 1200. The van der Waals surface area contributed by atoms with Crippen LogP contribution in [0.3, 0.4) is 0 Å². The predicted octanol–water partition coefficient (Wildman–Crippen LogP) is 6.90. The molecule has 154 valence electrons. The second-order valence-electron chi connectivity index (χ2n) is 6.48. The molecular formula is C21H14BrF3N2OS2. The average Bonchev–Trinajstić information content (AvgIpc) is 3.30. The van der Waals surface area contributed by atoms with Crippen molar-refractivity contribution in [2.45, 2.75) is 17.9 Å². The molecule has 4 rings (SSSR count). The number of imidazole rings is 1. The molecule has 0 N–H and O–H groups in total. The van der Waals surface area contributed by atoms with Gasteiger partial charge in [0.05, 0.1) is 37.6 Å². The van der Waals surface area contributed by atoms with E-state index in [1.165, 1.54) is 29.2 Å². The first-order valence-corrected chi connectivity index (χ1v) is 11.4. The summed E-state index contributed by atoms with van der Waals surface area (Å²) in [6.07, 6.45) is -4.44. The minimum Gasteiger partial charge on any atom is -0.314 e. The third-order valence-electron chi connectivity index (χ3n) is 4.40. The van der Waals surface area contributed by atoms with Crippen molar-refractivity contribution in [2.24, 2.45) is 0 Å². The Morgan fingerprint density at radius 2 is 1.87 bits per heavy atom. The minimum absolute atomic E-state index is 0.0509. The number of aromatic nitrogens is 2. The molecule has 0 saturated heterocycles. The largest absolute Gasteiger partial charge is 0.416 e. The Labute approximate surface area is 187 Å². The number of hydrogen-bond donors (Lipinski definition) is 0. The molecular weight excluding hydrogens is 497 g/mol. The van der Waals surface area contributed by atoms with E-state index in [0.29, 0.717) is 22.1 Å². The Kier molecular flexibility index (Phi) is 6.04. The van der Waals surface area contributed by atoms with E-state index >= 15 is 0 Å². The number of alkyl halides is 3. The number of ketones is 1. The molecule has 0 radical (unpaired) electrons. The van der Waals surface area contributed by atoms with Crippen LogP contribution in [-0.4, -0.2) is 21.1 Å². The highest BCUT2D eigenvalue weighted by Crippen LogP contribution is 2.33. The van der Waals surface area contributed by atoms with Gasteiger partial charge in [0, 0.05) is 0 Å². The zero-order chi connectivity index (χ0) is 21.3. The van der Waals surface area contributed by atoms with Crippen molar-refractivity contribution < 1.29 is 18.0 Å². The van der Waals surface area contributed by atoms with Gasteiger partial charge < -0.3 is 4.57 Å². The molecule has 9 heteroatoms. The third kappa shape index (κ3) is 4.63. The molecule has 0 amide bonds. The van der Waals surface area contributed by atoms with Crippen LogP contribution in [0.4, 0.5) is 13.2 Å². The molecule has 3 nitrogen and oxygen atoms in total. The van der Waals surface area contributed by atoms with Gasteiger partial charge in [-0.15, -0.1) is 11.3 Å². The average molecular weight is 511 g/mol. The number of thiophene rings is 1. The highest BCUT2D eigenvalue weighted by Gasteiger charge is 2.31. The van der Waals surface area contributed by atoms with E-state index in [4.69, 9.17) is 0 Å². The van der Waals surface area contributed by atoms with Crippen molar-refractivity contribution in [3.63, 3.8) is 0 Å². The van der Waals surface area contributed by atoms with Crippen molar-refractivity contribution >= 4 is 55.8 Å². The number of benzene rings is 2. The fraction of sp³-hybridized carbons (Fsp3) is 0.143. The molecule has 2 aromatic heterocycles. The van der Waals surface area contributed by atoms with E-state index in [-0.39, 0.29) is 17.1 Å². The monoisotopic (exact) mass is 510 g/mol. The van der Waals surface area contributed by atoms with Crippen LogP contribution in [0.1, 0.15) is 20.8 Å². The lowest BCUT2D eigenvalue weighted by Crippen LogP contribution is -2.05. The number of fused-ring (bicyclic) bond motifs is 1. The molecule has 0 aliphatic heterocycles. The van der Waals surface area contributed by atoms with E-state index in [9.17, 15) is 18.0 Å². The van der Waals surface area contributed by atoms with Crippen LogP contribution in [0.2, 0.25) is 0 Å². The molecule has 2 heterocycles. The summed E-state index contributed by atoms with van der Waals surface area (Å²) in [6.45, 7) is 0.448. The van der Waals surface area contributed by atoms with E-state index in [2.05, 4.69) is 20.9 Å². The predicted molar refractivity (Wildman–Crippen MR) is 117 cm³/mol. The summed E-state index contributed by atoms with van der Waals surface area (Å²) in [4.78, 5) is 17.5. The number of nitrogens with zero attached hydrogens (tertiary/aromatic N) is 2. The zero-order valence-corrected chi connectivity index (χ0v) is 18.5. The van der Waals surface area contributed by atoms with Crippen molar-refractivity contribution in [3.05, 3.63) is 80.5 Å². The summed E-state index contributed by atoms with van der Waals surface area (Å²) in [5.74, 6) is 0.0991. The lowest BCUT2D eigenvalue weighted by atomic mass is 10.2. The highest BCUT2D eigenvalue weighted by molar-refractivity contribution is 9.11. The Morgan fingerprint density at radius 1 is 1.10 bits per heavy atom. The molecule has 0 spiro atoms. The minimum atomic E-state index is -4.44. The van der Waals surface area contributed by atoms with E-state index in [1.54, 1.807) is 6.07 Å². The smallest absolute Gasteiger partial charge is 0.314 e. The van der Waals surface area contributed by atoms with Gasteiger partial charge in [-0.05, 0) is 51.8 Å². The molecule has 0 unspecified atom stereocenters. The van der Waals surface area contributed by atoms with Crippen molar-refractivity contribution in [1.82, 2.24) is 9.55 Å². The molecule has 0 atom stereocenters. The van der Waals surface area contributed by atoms with E-state index < -0.39 is 11.7 Å². The molecule has 0 aliphatic rings. The SMILES string of the molecule is O=C(CSc1nc2cc(C(F)(F)F)ccc2n1Cc1ccccc1)c1ccc(Br)s1. The Morgan fingerprint density at radius 3 is 2.53 bits per heavy atom. The number of rotatable bonds is 6. The van der Waals surface area contributed by atoms with Gasteiger partial charge in [-0.3, -0.25) is 4.79 Å². The van der Waals surface area contributed by atoms with Gasteiger partial charge in [0.25, 0.3) is 0 Å². The molecule has 0 fully saturated rings. The van der Waals surface area contributed by atoms with Gasteiger partial charge in [-0.1, -0.05) is 42.1 Å². The van der Waals surface area contributed by atoms with Gasteiger partial charge in [0.1, 0.15) is 0 Å². The maximum Gasteiger partial charge on any atom is 0.416 e. The van der Waals surface area contributed by atoms with Crippen molar-refractivity contribution in [1.29, 1.82) is 0 Å². The second kappa shape index (κ2) is 8.56. The Hall–Kier alpha value is -2.10. The quantitative estimate of drug-likeness (QED) is 0.209. The first kappa shape index (κ1) is 21.1. The first-order valence-electron chi connectivity index (χ1n) is 8.84. The lowest BCUT2D eigenvalue weighted by Gasteiger charge is -2.10. The molecule has 2 aromatic carbocycles. The van der Waals surface area contributed by atoms with Crippen LogP contribution in [0.15, 0.2) is 69.6 Å². The van der Waals surface area contributed by atoms with E-state index in [0.717, 1.165) is 21.5 Å². The summed E-state index contributed by atoms with van der Waals surface area (Å²) in [5.41, 5.74) is 1.11. The van der Waals surface area contributed by atoms with Gasteiger partial charge in [-0.2, -0.15) is 13.2 Å². The molecule has 30 heavy (non-hydrogen) atoms. The molecule has 0 bridgehead atoms. The van der Waals surface area contributed by atoms with Gasteiger partial charge >= 0.3 is 6.18 Å². The van der Waals surface area contributed by atoms with Crippen LogP contribution < -0.4 is 0 Å². The summed E-state index contributed by atoms with van der Waals surface area (Å²) in [6, 6.07) is 16.7. The number of thioether (sulfide) groups is 1. The van der Waals surface area contributed by atoms with Gasteiger partial charge in [0.2, 0.25) is 0 Å². The van der Waals surface area contributed by atoms with Crippen LogP contribution in [0.5, 0.6) is 0 Å². The fourth-order valence-electron chi connectivity index (χ4n) is 2.98. The van der Waals surface area contributed by atoms with Crippen molar-refractivity contribution in [2.75, 3.05) is 5.75 Å². The van der Waals surface area contributed by atoms with Crippen molar-refractivity contribution in [3.8, 4) is 0 Å². The number of Topliss-reactive ketones (excluding diaryl/α,β-unsaturated/α-hetero) is 1. The molecule has 4 aromatic rings. The number of hydrogen-bond acceptors (Lipinski definition) is 4.